The fraction of sp³-hybridized carbons (Fsp3) is 0.727. The van der Waals surface area contributed by atoms with Crippen LogP contribution in [-0.2, 0) is 6.54 Å². The van der Waals surface area contributed by atoms with Crippen LogP contribution in [0.25, 0.3) is 0 Å². The standard InChI is InChI=1S/C22H37N3O/c1-18(2)24-13-15-25(16-14-24)21-9-11-23(12-10-21)17-20-5-7-22(8-6-20)26-19(3)4/h5-8,18-19,21H,9-17H2,1-4H3. The molecule has 2 saturated heterocycles. The van der Waals surface area contributed by atoms with Crippen LogP contribution < -0.4 is 4.74 Å². The third-order valence-corrected chi connectivity index (χ3v) is 5.85. The molecule has 0 amide bonds. The molecule has 26 heavy (non-hydrogen) atoms. The van der Waals surface area contributed by atoms with Gasteiger partial charge in [-0.15, -0.1) is 0 Å². The van der Waals surface area contributed by atoms with Crippen LogP contribution in [-0.4, -0.2) is 72.2 Å². The average molecular weight is 360 g/mol. The van der Waals surface area contributed by atoms with E-state index in [-0.39, 0.29) is 6.10 Å². The molecule has 2 aliphatic heterocycles. The van der Waals surface area contributed by atoms with E-state index >= 15 is 0 Å². The SMILES string of the molecule is CC(C)Oc1ccc(CN2CCC(N3CCN(C(C)C)CC3)CC2)cc1. The van der Waals surface area contributed by atoms with Gasteiger partial charge < -0.3 is 4.74 Å². The van der Waals surface area contributed by atoms with Crippen LogP contribution in [0.1, 0.15) is 46.1 Å². The molecule has 0 aliphatic carbocycles. The van der Waals surface area contributed by atoms with Crippen molar-refractivity contribution in [2.75, 3.05) is 39.3 Å². The lowest BCUT2D eigenvalue weighted by Crippen LogP contribution is -2.54. The van der Waals surface area contributed by atoms with Gasteiger partial charge >= 0.3 is 0 Å². The van der Waals surface area contributed by atoms with E-state index in [0.29, 0.717) is 6.04 Å². The maximum Gasteiger partial charge on any atom is 0.119 e. The summed E-state index contributed by atoms with van der Waals surface area (Å²) in [6, 6.07) is 10.1. The van der Waals surface area contributed by atoms with Crippen molar-refractivity contribution >= 4 is 0 Å². The Morgan fingerprint density at radius 3 is 2.04 bits per heavy atom. The average Bonchev–Trinajstić information content (AvgIpc) is 2.64. The van der Waals surface area contributed by atoms with Gasteiger partial charge in [0.25, 0.3) is 0 Å². The molecule has 0 unspecified atom stereocenters. The zero-order chi connectivity index (χ0) is 18.5. The van der Waals surface area contributed by atoms with E-state index in [1.54, 1.807) is 0 Å². The maximum absolute atomic E-state index is 5.74. The minimum Gasteiger partial charge on any atom is -0.491 e. The first-order chi connectivity index (χ1) is 12.5. The van der Waals surface area contributed by atoms with Crippen molar-refractivity contribution in [3.8, 4) is 5.75 Å². The van der Waals surface area contributed by atoms with Crippen molar-refractivity contribution in [2.24, 2.45) is 0 Å². The Morgan fingerprint density at radius 2 is 1.50 bits per heavy atom. The summed E-state index contributed by atoms with van der Waals surface area (Å²) in [4.78, 5) is 7.96. The summed E-state index contributed by atoms with van der Waals surface area (Å²) < 4.78 is 5.74. The maximum atomic E-state index is 5.74. The summed E-state index contributed by atoms with van der Waals surface area (Å²) in [5, 5.41) is 0. The quantitative estimate of drug-likeness (QED) is 0.774. The lowest BCUT2D eigenvalue weighted by atomic mass is 10.0. The number of benzene rings is 1. The normalized spacial score (nSPS) is 21.6. The fourth-order valence-corrected chi connectivity index (χ4v) is 4.27. The first kappa shape index (κ1) is 19.7. The Hall–Kier alpha value is -1.10. The van der Waals surface area contributed by atoms with Crippen molar-refractivity contribution in [2.45, 2.75) is 65.3 Å². The summed E-state index contributed by atoms with van der Waals surface area (Å²) in [7, 11) is 0. The number of likely N-dealkylation sites (tertiary alicyclic amines) is 1. The van der Waals surface area contributed by atoms with E-state index in [0.717, 1.165) is 18.3 Å². The summed E-state index contributed by atoms with van der Waals surface area (Å²) in [6.45, 7) is 17.3. The molecule has 1 aromatic carbocycles. The molecule has 0 atom stereocenters. The molecule has 3 rings (SSSR count). The highest BCUT2D eigenvalue weighted by atomic mass is 16.5. The highest BCUT2D eigenvalue weighted by molar-refractivity contribution is 5.27. The lowest BCUT2D eigenvalue weighted by molar-refractivity contribution is 0.0471. The van der Waals surface area contributed by atoms with Crippen LogP contribution in [0, 0.1) is 0 Å². The second-order valence-electron chi connectivity index (χ2n) is 8.48. The third-order valence-electron chi connectivity index (χ3n) is 5.85. The summed E-state index contributed by atoms with van der Waals surface area (Å²) >= 11 is 0. The Labute approximate surface area is 160 Å². The number of rotatable bonds is 6. The predicted octanol–water partition coefficient (Wildman–Crippen LogP) is 3.46. The molecule has 2 heterocycles. The van der Waals surface area contributed by atoms with Gasteiger partial charge in [0, 0.05) is 44.8 Å². The zero-order valence-electron chi connectivity index (χ0n) is 17.2. The molecule has 0 N–H and O–H groups in total. The van der Waals surface area contributed by atoms with Gasteiger partial charge in [-0.3, -0.25) is 14.7 Å². The number of ether oxygens (including phenoxy) is 1. The van der Waals surface area contributed by atoms with E-state index in [1.807, 2.05) is 0 Å². The van der Waals surface area contributed by atoms with Gasteiger partial charge in [0.15, 0.2) is 0 Å². The summed E-state index contributed by atoms with van der Waals surface area (Å²) in [5.41, 5.74) is 1.39. The number of piperidine rings is 1. The van der Waals surface area contributed by atoms with Crippen LogP contribution >= 0.6 is 0 Å². The van der Waals surface area contributed by atoms with Crippen LogP contribution in [0.3, 0.4) is 0 Å². The minimum absolute atomic E-state index is 0.238. The van der Waals surface area contributed by atoms with Gasteiger partial charge in [0.2, 0.25) is 0 Å². The number of piperazine rings is 1. The molecule has 4 nitrogen and oxygen atoms in total. The van der Waals surface area contributed by atoms with E-state index in [4.69, 9.17) is 4.74 Å². The van der Waals surface area contributed by atoms with E-state index in [2.05, 4.69) is 66.7 Å². The fourth-order valence-electron chi connectivity index (χ4n) is 4.27. The second kappa shape index (κ2) is 9.20. The largest absolute Gasteiger partial charge is 0.491 e. The second-order valence-corrected chi connectivity index (χ2v) is 8.48. The summed E-state index contributed by atoms with van der Waals surface area (Å²) in [5.74, 6) is 0.975. The monoisotopic (exact) mass is 359 g/mol. The third kappa shape index (κ3) is 5.45. The first-order valence-electron chi connectivity index (χ1n) is 10.5. The summed E-state index contributed by atoms with van der Waals surface area (Å²) in [6.07, 6.45) is 2.87. The predicted molar refractivity (Wildman–Crippen MR) is 109 cm³/mol. The molecular formula is C22H37N3O. The topological polar surface area (TPSA) is 19.0 Å². The Balaban J connectivity index is 1.41. The molecule has 2 aliphatic rings. The highest BCUT2D eigenvalue weighted by Gasteiger charge is 2.27. The van der Waals surface area contributed by atoms with E-state index < -0.39 is 0 Å². The van der Waals surface area contributed by atoms with E-state index in [1.165, 1.54) is 57.7 Å². The van der Waals surface area contributed by atoms with Crippen molar-refractivity contribution in [3.05, 3.63) is 29.8 Å². The van der Waals surface area contributed by atoms with Gasteiger partial charge in [-0.25, -0.2) is 0 Å². The van der Waals surface area contributed by atoms with Crippen LogP contribution in [0.4, 0.5) is 0 Å². The van der Waals surface area contributed by atoms with Crippen molar-refractivity contribution in [3.63, 3.8) is 0 Å². The van der Waals surface area contributed by atoms with Crippen LogP contribution in [0.2, 0.25) is 0 Å². The van der Waals surface area contributed by atoms with Crippen molar-refractivity contribution in [1.29, 1.82) is 0 Å². The number of hydrogen-bond donors (Lipinski definition) is 0. The molecule has 0 radical (unpaired) electrons. The molecule has 146 valence electrons. The van der Waals surface area contributed by atoms with Crippen molar-refractivity contribution in [1.82, 2.24) is 14.7 Å². The van der Waals surface area contributed by atoms with Gasteiger partial charge in [0.05, 0.1) is 6.10 Å². The zero-order valence-corrected chi connectivity index (χ0v) is 17.2. The molecular weight excluding hydrogens is 322 g/mol. The van der Waals surface area contributed by atoms with Crippen LogP contribution in [0.15, 0.2) is 24.3 Å². The van der Waals surface area contributed by atoms with Crippen molar-refractivity contribution < 1.29 is 4.74 Å². The van der Waals surface area contributed by atoms with Gasteiger partial charge in [-0.1, -0.05) is 12.1 Å². The number of hydrogen-bond acceptors (Lipinski definition) is 4. The molecule has 0 saturated carbocycles. The molecule has 2 fully saturated rings. The molecule has 4 heteroatoms. The highest BCUT2D eigenvalue weighted by Crippen LogP contribution is 2.21. The number of nitrogens with zero attached hydrogens (tertiary/aromatic N) is 3. The first-order valence-corrected chi connectivity index (χ1v) is 10.5. The van der Waals surface area contributed by atoms with Gasteiger partial charge in [-0.05, 0) is 71.3 Å². The Bertz CT molecular complexity index is 527. The van der Waals surface area contributed by atoms with Gasteiger partial charge in [-0.2, -0.15) is 0 Å². The molecule has 0 spiro atoms. The smallest absolute Gasteiger partial charge is 0.119 e. The molecule has 0 bridgehead atoms. The molecule has 0 aromatic heterocycles. The molecule has 1 aromatic rings. The minimum atomic E-state index is 0.238. The Morgan fingerprint density at radius 1 is 0.885 bits per heavy atom. The van der Waals surface area contributed by atoms with E-state index in [9.17, 15) is 0 Å². The van der Waals surface area contributed by atoms with Crippen LogP contribution in [0.5, 0.6) is 5.75 Å². The lowest BCUT2D eigenvalue weighted by Gasteiger charge is -2.43. The Kier molecular flexibility index (Phi) is 6.96. The van der Waals surface area contributed by atoms with Gasteiger partial charge in [0.1, 0.15) is 5.75 Å².